The predicted octanol–water partition coefficient (Wildman–Crippen LogP) is 2.51. The van der Waals surface area contributed by atoms with Crippen molar-refractivity contribution in [3.63, 3.8) is 0 Å². The van der Waals surface area contributed by atoms with Gasteiger partial charge in [0.25, 0.3) is 5.91 Å². The van der Waals surface area contributed by atoms with Crippen LogP contribution >= 0.6 is 0 Å². The van der Waals surface area contributed by atoms with E-state index in [0.717, 1.165) is 25.7 Å². The largest absolute Gasteiger partial charge is 0.397 e. The molecule has 5 nitrogen and oxygen atoms in total. The highest BCUT2D eigenvalue weighted by Crippen LogP contribution is 2.21. The molecule has 1 aliphatic carbocycles. The molecule has 23 heavy (non-hydrogen) atoms. The number of hydrogen-bond acceptors (Lipinski definition) is 4. The first-order valence-electron chi connectivity index (χ1n) is 8.53. The third-order valence-electron chi connectivity index (χ3n) is 5.03. The highest BCUT2D eigenvalue weighted by molar-refractivity contribution is 6.08. The molecule has 0 aromatic heterocycles. The first kappa shape index (κ1) is 19.4. The van der Waals surface area contributed by atoms with Crippen molar-refractivity contribution in [2.45, 2.75) is 65.0 Å². The summed E-state index contributed by atoms with van der Waals surface area (Å²) in [5, 5.41) is 21.1. The fourth-order valence-corrected chi connectivity index (χ4v) is 2.88. The van der Waals surface area contributed by atoms with Gasteiger partial charge in [0.2, 0.25) is 0 Å². The fourth-order valence-electron chi connectivity index (χ4n) is 2.88. The Morgan fingerprint density at radius 1 is 1.43 bits per heavy atom. The van der Waals surface area contributed by atoms with Gasteiger partial charge >= 0.3 is 0 Å². The van der Waals surface area contributed by atoms with Crippen LogP contribution < -0.4 is 11.1 Å². The molecular formula is C18H31N3O2. The Hall–Kier alpha value is -1.62. The summed E-state index contributed by atoms with van der Waals surface area (Å²) in [6.45, 7) is 9.75. The Morgan fingerprint density at radius 2 is 2.04 bits per heavy atom. The maximum Gasteiger partial charge on any atom is 0.253 e. The van der Waals surface area contributed by atoms with E-state index in [1.807, 2.05) is 6.92 Å². The maximum atomic E-state index is 12.5. The van der Waals surface area contributed by atoms with Gasteiger partial charge < -0.3 is 21.6 Å². The summed E-state index contributed by atoms with van der Waals surface area (Å²) >= 11 is 0. The first-order valence-corrected chi connectivity index (χ1v) is 8.53. The van der Waals surface area contributed by atoms with Crippen LogP contribution in [0.3, 0.4) is 0 Å². The summed E-state index contributed by atoms with van der Waals surface area (Å²) < 4.78 is 0. The minimum Gasteiger partial charge on any atom is -0.397 e. The van der Waals surface area contributed by atoms with Crippen molar-refractivity contribution < 1.29 is 9.90 Å². The van der Waals surface area contributed by atoms with Crippen LogP contribution in [-0.2, 0) is 4.79 Å². The van der Waals surface area contributed by atoms with Gasteiger partial charge in [-0.25, -0.2) is 0 Å². The number of aliphatic hydroxyl groups excluding tert-OH is 1. The molecule has 0 radical (unpaired) electrons. The molecule has 1 aliphatic rings. The van der Waals surface area contributed by atoms with Gasteiger partial charge in [-0.15, -0.1) is 0 Å². The van der Waals surface area contributed by atoms with Gasteiger partial charge in [0.15, 0.2) is 0 Å². The second-order valence-corrected chi connectivity index (χ2v) is 6.55. The first-order chi connectivity index (χ1) is 10.8. The van der Waals surface area contributed by atoms with Crippen molar-refractivity contribution in [3.8, 4) is 0 Å². The number of nitrogens with one attached hydrogen (secondary N) is 2. The van der Waals surface area contributed by atoms with Gasteiger partial charge in [-0.3, -0.25) is 4.79 Å². The van der Waals surface area contributed by atoms with Gasteiger partial charge in [-0.1, -0.05) is 52.7 Å². The molecule has 0 bridgehead atoms. The number of hydrogen-bond donors (Lipinski definition) is 4. The van der Waals surface area contributed by atoms with Crippen molar-refractivity contribution >= 4 is 11.6 Å². The lowest BCUT2D eigenvalue weighted by atomic mass is 9.87. The SMILES string of the molecule is C=C/C(C(=O)N[C@H]1CCCC[C@@H]1O)=C(/N)C(=N)C(C)C(C)CC. The lowest BCUT2D eigenvalue weighted by Crippen LogP contribution is -2.46. The standard InChI is InChI=1S/C18H31N3O2/c1-5-11(3)12(4)16(19)17(20)13(6-2)18(23)21-14-9-7-8-10-15(14)22/h6,11-12,14-15,19,22H,2,5,7-10,20H2,1,3-4H3,(H,21,23)/b17-13-,19-16?/t11?,12?,14-,15-/m0/s1. The molecule has 0 spiro atoms. The monoisotopic (exact) mass is 321 g/mol. The number of allylic oxidation sites excluding steroid dienone is 1. The van der Waals surface area contributed by atoms with Crippen molar-refractivity contribution in [1.82, 2.24) is 5.32 Å². The van der Waals surface area contributed by atoms with E-state index in [9.17, 15) is 9.90 Å². The summed E-state index contributed by atoms with van der Waals surface area (Å²) in [7, 11) is 0. The highest BCUT2D eigenvalue weighted by Gasteiger charge is 2.27. The number of nitrogens with two attached hydrogens (primary N) is 1. The molecule has 0 aromatic rings. The minimum atomic E-state index is -0.515. The normalized spacial score (nSPS) is 25.0. The quantitative estimate of drug-likeness (QED) is 0.329. The molecule has 0 heterocycles. The van der Waals surface area contributed by atoms with Crippen LogP contribution in [-0.4, -0.2) is 28.9 Å². The Morgan fingerprint density at radius 3 is 2.57 bits per heavy atom. The molecule has 0 aromatic carbocycles. The predicted molar refractivity (Wildman–Crippen MR) is 94.2 cm³/mol. The van der Waals surface area contributed by atoms with Gasteiger partial charge in [0, 0.05) is 5.92 Å². The zero-order chi connectivity index (χ0) is 17.6. The van der Waals surface area contributed by atoms with E-state index in [1.165, 1.54) is 6.08 Å². The van der Waals surface area contributed by atoms with Crippen LogP contribution in [0.4, 0.5) is 0 Å². The second-order valence-electron chi connectivity index (χ2n) is 6.55. The molecule has 1 amide bonds. The highest BCUT2D eigenvalue weighted by atomic mass is 16.3. The number of carbonyl (C=O) groups is 1. The van der Waals surface area contributed by atoms with Gasteiger partial charge in [-0.05, 0) is 18.8 Å². The Bertz CT molecular complexity index is 485. The Labute approximate surface area is 139 Å². The van der Waals surface area contributed by atoms with Crippen LogP contribution in [0, 0.1) is 17.2 Å². The van der Waals surface area contributed by atoms with Crippen LogP contribution in [0.2, 0.25) is 0 Å². The molecule has 1 fully saturated rings. The average molecular weight is 321 g/mol. The molecule has 2 unspecified atom stereocenters. The van der Waals surface area contributed by atoms with Crippen LogP contribution in [0.5, 0.6) is 0 Å². The Balaban J connectivity index is 2.88. The number of aliphatic hydroxyl groups is 1. The zero-order valence-corrected chi connectivity index (χ0v) is 14.6. The van der Waals surface area contributed by atoms with Crippen molar-refractivity contribution in [1.29, 1.82) is 5.41 Å². The summed E-state index contributed by atoms with van der Waals surface area (Å²) in [6, 6.07) is -0.250. The second kappa shape index (κ2) is 8.87. The molecular weight excluding hydrogens is 290 g/mol. The molecule has 5 N–H and O–H groups in total. The fraction of sp³-hybridized carbons (Fsp3) is 0.667. The molecule has 130 valence electrons. The van der Waals surface area contributed by atoms with E-state index in [2.05, 4.69) is 25.7 Å². The van der Waals surface area contributed by atoms with Crippen LogP contribution in [0.25, 0.3) is 0 Å². The zero-order valence-electron chi connectivity index (χ0n) is 14.6. The topological polar surface area (TPSA) is 99.2 Å². The third-order valence-corrected chi connectivity index (χ3v) is 5.03. The smallest absolute Gasteiger partial charge is 0.253 e. The van der Waals surface area contributed by atoms with E-state index in [-0.39, 0.29) is 34.8 Å². The van der Waals surface area contributed by atoms with E-state index < -0.39 is 6.10 Å². The minimum absolute atomic E-state index is 0.0250. The number of carbonyl (C=O) groups excluding carboxylic acids is 1. The molecule has 5 heteroatoms. The van der Waals surface area contributed by atoms with Crippen molar-refractivity contribution in [2.75, 3.05) is 0 Å². The molecule has 1 rings (SSSR count). The van der Waals surface area contributed by atoms with E-state index in [4.69, 9.17) is 11.1 Å². The van der Waals surface area contributed by atoms with E-state index in [0.29, 0.717) is 12.3 Å². The molecule has 1 saturated carbocycles. The van der Waals surface area contributed by atoms with Gasteiger partial charge in [0.05, 0.1) is 29.1 Å². The Kier molecular flexibility index (Phi) is 7.49. The number of amides is 1. The van der Waals surface area contributed by atoms with Crippen molar-refractivity contribution in [3.05, 3.63) is 23.9 Å². The average Bonchev–Trinajstić information content (AvgIpc) is 2.55. The lowest BCUT2D eigenvalue weighted by Gasteiger charge is -2.28. The summed E-state index contributed by atoms with van der Waals surface area (Å²) in [5.74, 6) is -0.0667. The van der Waals surface area contributed by atoms with Crippen molar-refractivity contribution in [2.24, 2.45) is 17.6 Å². The van der Waals surface area contributed by atoms with Crippen LogP contribution in [0.15, 0.2) is 23.9 Å². The summed E-state index contributed by atoms with van der Waals surface area (Å²) in [5.41, 5.74) is 6.74. The van der Waals surface area contributed by atoms with Gasteiger partial charge in [-0.2, -0.15) is 0 Å². The van der Waals surface area contributed by atoms with Gasteiger partial charge in [0.1, 0.15) is 0 Å². The molecule has 0 saturated heterocycles. The lowest BCUT2D eigenvalue weighted by molar-refractivity contribution is -0.119. The molecule has 0 aliphatic heterocycles. The molecule has 4 atom stereocenters. The summed E-state index contributed by atoms with van der Waals surface area (Å²) in [6.07, 6.45) is 5.27. The maximum absolute atomic E-state index is 12.5. The van der Waals surface area contributed by atoms with E-state index in [1.54, 1.807) is 0 Å². The van der Waals surface area contributed by atoms with E-state index >= 15 is 0 Å². The summed E-state index contributed by atoms with van der Waals surface area (Å²) in [4.78, 5) is 12.5. The van der Waals surface area contributed by atoms with Crippen LogP contribution in [0.1, 0.15) is 52.9 Å². The third kappa shape index (κ3) is 4.93. The number of rotatable bonds is 7.